The normalized spacial score (nSPS) is 16.0. The Morgan fingerprint density at radius 3 is 2.65 bits per heavy atom. The van der Waals surface area contributed by atoms with E-state index in [0.29, 0.717) is 18.1 Å². The van der Waals surface area contributed by atoms with Crippen LogP contribution in [0.25, 0.3) is 65.3 Å². The lowest BCUT2D eigenvalue weighted by molar-refractivity contribution is 0.650. The summed E-state index contributed by atoms with van der Waals surface area (Å²) in [5, 5.41) is 4.75. The topological polar surface area (TPSA) is 38.9 Å². The van der Waals surface area contributed by atoms with Crippen LogP contribution in [-0.4, -0.2) is 9.97 Å². The second-order valence-electron chi connectivity index (χ2n) is 14.8. The number of hydrogen-bond donors (Lipinski definition) is 0. The number of rotatable bonds is 7. The maximum absolute atomic E-state index is 6.22. The monoisotopic (exact) mass is 728 g/mol. The Morgan fingerprint density at radius 2 is 1.73 bits per heavy atom. The number of aryl methyl sites for hydroxylation is 1. The molecule has 0 spiro atoms. The van der Waals surface area contributed by atoms with Gasteiger partial charge in [0, 0.05) is 28.1 Å². The molecule has 55 heavy (non-hydrogen) atoms. The lowest BCUT2D eigenvalue weighted by Crippen LogP contribution is -2.07. The van der Waals surface area contributed by atoms with Gasteiger partial charge in [-0.05, 0) is 106 Å². The number of furan rings is 1. The van der Waals surface area contributed by atoms with Crippen LogP contribution in [0.2, 0.25) is 0 Å². The van der Waals surface area contributed by atoms with Gasteiger partial charge in [0.2, 0.25) is 5.71 Å². The molecule has 1 unspecified atom stereocenters. The molecule has 0 N–H and O–H groups in total. The van der Waals surface area contributed by atoms with E-state index >= 15 is 0 Å². The molecule has 5 aromatic carbocycles. The summed E-state index contributed by atoms with van der Waals surface area (Å²) in [5.74, 6) is 0.384. The summed E-state index contributed by atoms with van der Waals surface area (Å²) >= 11 is 1.97. The van der Waals surface area contributed by atoms with Crippen LogP contribution in [0.1, 0.15) is 59.5 Å². The van der Waals surface area contributed by atoms with Crippen molar-refractivity contribution >= 4 is 65.5 Å². The number of allylic oxidation sites excluding steroid dienone is 9. The molecule has 0 amide bonds. The van der Waals surface area contributed by atoms with Gasteiger partial charge in [-0.2, -0.15) is 0 Å². The van der Waals surface area contributed by atoms with Gasteiger partial charge in [-0.1, -0.05) is 139 Å². The van der Waals surface area contributed by atoms with Crippen molar-refractivity contribution in [1.82, 2.24) is 9.97 Å². The van der Waals surface area contributed by atoms with Crippen LogP contribution in [0.3, 0.4) is 0 Å². The molecule has 8 aromatic rings. The summed E-state index contributed by atoms with van der Waals surface area (Å²) in [7, 11) is 0. The summed E-state index contributed by atoms with van der Waals surface area (Å²) in [6, 6.07) is 37.3. The molecular formula is C51H40N2OS. The summed E-state index contributed by atoms with van der Waals surface area (Å²) < 4.78 is 7.63. The zero-order valence-corrected chi connectivity index (χ0v) is 31.9. The highest BCUT2D eigenvalue weighted by Gasteiger charge is 2.25. The smallest absolute Gasteiger partial charge is 0.246 e. The number of aromatic nitrogens is 2. The van der Waals surface area contributed by atoms with E-state index in [9.17, 15) is 0 Å². The zero-order valence-electron chi connectivity index (χ0n) is 31.1. The van der Waals surface area contributed by atoms with E-state index in [1.54, 1.807) is 0 Å². The fourth-order valence-corrected chi connectivity index (χ4v) is 10.1. The molecule has 2 aliphatic rings. The van der Waals surface area contributed by atoms with Crippen molar-refractivity contribution < 1.29 is 4.42 Å². The Morgan fingerprint density at radius 1 is 0.891 bits per heavy atom. The van der Waals surface area contributed by atoms with Crippen molar-refractivity contribution in [3.05, 3.63) is 190 Å². The molecule has 0 radical (unpaired) electrons. The van der Waals surface area contributed by atoms with Gasteiger partial charge in [0.15, 0.2) is 0 Å². The van der Waals surface area contributed by atoms with E-state index in [-0.39, 0.29) is 0 Å². The molecule has 0 aliphatic heterocycles. The van der Waals surface area contributed by atoms with Crippen LogP contribution in [0.15, 0.2) is 162 Å². The molecular weight excluding hydrogens is 689 g/mol. The molecule has 0 saturated heterocycles. The second kappa shape index (κ2) is 14.0. The van der Waals surface area contributed by atoms with E-state index < -0.39 is 0 Å². The van der Waals surface area contributed by atoms with Crippen LogP contribution in [-0.2, 0) is 12.8 Å². The third-order valence-electron chi connectivity index (χ3n) is 11.3. The Balaban J connectivity index is 0.959. The van der Waals surface area contributed by atoms with E-state index in [0.717, 1.165) is 46.8 Å². The molecule has 0 bridgehead atoms. The summed E-state index contributed by atoms with van der Waals surface area (Å²) in [5.41, 5.74) is 15.0. The Bertz CT molecular complexity index is 2970. The highest BCUT2D eigenvalue weighted by atomic mass is 32.1. The summed E-state index contributed by atoms with van der Waals surface area (Å²) in [6.45, 7) is 4.36. The van der Waals surface area contributed by atoms with Crippen molar-refractivity contribution in [1.29, 1.82) is 0 Å². The average Bonchev–Trinajstić information content (AvgIpc) is 3.81. The number of fused-ring (bicyclic) bond motifs is 8. The van der Waals surface area contributed by atoms with Crippen LogP contribution in [0.5, 0.6) is 0 Å². The molecule has 4 heteroatoms. The molecule has 3 aromatic heterocycles. The van der Waals surface area contributed by atoms with Gasteiger partial charge in [-0.3, -0.25) is 0 Å². The molecule has 2 aliphatic carbocycles. The van der Waals surface area contributed by atoms with Gasteiger partial charge < -0.3 is 4.42 Å². The maximum atomic E-state index is 6.22. The highest BCUT2D eigenvalue weighted by molar-refractivity contribution is 7.20. The molecule has 266 valence electrons. The van der Waals surface area contributed by atoms with Crippen molar-refractivity contribution in [3.8, 4) is 11.1 Å². The fourth-order valence-electron chi connectivity index (χ4n) is 8.62. The molecule has 3 heterocycles. The lowest BCUT2D eigenvalue weighted by Gasteiger charge is -2.23. The first-order chi connectivity index (χ1) is 27.1. The number of thiophene rings is 1. The summed E-state index contributed by atoms with van der Waals surface area (Å²) in [4.78, 5) is 11.2. The fraction of sp³-hybridized carbons (Fsp3) is 0.137. The van der Waals surface area contributed by atoms with E-state index in [4.69, 9.17) is 14.4 Å². The maximum Gasteiger partial charge on any atom is 0.246 e. The van der Waals surface area contributed by atoms with Gasteiger partial charge in [0.1, 0.15) is 11.1 Å². The third-order valence-corrected chi connectivity index (χ3v) is 12.6. The van der Waals surface area contributed by atoms with Crippen molar-refractivity contribution in [2.24, 2.45) is 5.92 Å². The minimum Gasteiger partial charge on any atom is -0.436 e. The second-order valence-corrected chi connectivity index (χ2v) is 15.8. The largest absolute Gasteiger partial charge is 0.436 e. The summed E-state index contributed by atoms with van der Waals surface area (Å²) in [6.07, 6.45) is 21.6. The van der Waals surface area contributed by atoms with Gasteiger partial charge in [0.25, 0.3) is 0 Å². The molecule has 0 saturated carbocycles. The molecule has 3 nitrogen and oxygen atoms in total. The van der Waals surface area contributed by atoms with Crippen molar-refractivity contribution in [3.63, 3.8) is 0 Å². The molecule has 1 atom stereocenters. The Kier molecular flexibility index (Phi) is 8.49. The first-order valence-electron chi connectivity index (χ1n) is 19.3. The SMILES string of the molecule is C/C=C\C=C(/C)C1CC=CC=C1c1cccc2c3c(sc12)C(c1cccc(-c2cccc(Cc4cnc5c(n4)oc4ccc6ccccc6c45)c2)c1)=CCC3. The molecule has 10 rings (SSSR count). The van der Waals surface area contributed by atoms with Crippen LogP contribution < -0.4 is 0 Å². The zero-order chi connectivity index (χ0) is 36.9. The molecule has 0 fully saturated rings. The Labute approximate surface area is 325 Å². The number of benzene rings is 5. The minimum absolute atomic E-state index is 0.384. The number of nitrogens with zero attached hydrogens (tertiary/aromatic N) is 2. The minimum atomic E-state index is 0.384. The van der Waals surface area contributed by atoms with Crippen LogP contribution in [0, 0.1) is 5.92 Å². The first kappa shape index (κ1) is 33.5. The quantitative estimate of drug-likeness (QED) is 0.153. The van der Waals surface area contributed by atoms with Crippen molar-refractivity contribution in [2.45, 2.75) is 39.5 Å². The standard InChI is InChI=1S/C51H40N2OS/c1-3-4-13-32(2)39-19-7-8-21-42(39)43-23-12-25-45-44-24-11-22-41(49(44)55-50(43)45)37-18-10-17-36(30-37)35-16-9-14-33(28-35)29-38-31-52-48-47-40-20-6-5-15-34(40)26-27-46(47)54-51(48)53-38/h3-10,12-18,20-23,25-28,30-31,39H,11,19,24,29H2,1-2H3/b4-3-,32-13+. The average molecular weight is 729 g/mol. The lowest BCUT2D eigenvalue weighted by atomic mass is 9.81. The predicted molar refractivity (Wildman–Crippen MR) is 233 cm³/mol. The number of hydrogen-bond acceptors (Lipinski definition) is 4. The predicted octanol–water partition coefficient (Wildman–Crippen LogP) is 13.9. The van der Waals surface area contributed by atoms with Crippen LogP contribution >= 0.6 is 11.3 Å². The first-order valence-corrected chi connectivity index (χ1v) is 20.1. The van der Waals surface area contributed by atoms with Crippen LogP contribution in [0.4, 0.5) is 0 Å². The third kappa shape index (κ3) is 5.98. The van der Waals surface area contributed by atoms with E-state index in [1.165, 1.54) is 70.4 Å². The van der Waals surface area contributed by atoms with Gasteiger partial charge >= 0.3 is 0 Å². The Hall–Kier alpha value is -6.10. The van der Waals surface area contributed by atoms with Gasteiger partial charge in [-0.15, -0.1) is 11.3 Å². The van der Waals surface area contributed by atoms with Gasteiger partial charge in [-0.25, -0.2) is 9.97 Å². The van der Waals surface area contributed by atoms with E-state index in [2.05, 4.69) is 153 Å². The van der Waals surface area contributed by atoms with E-state index in [1.807, 2.05) is 23.6 Å². The van der Waals surface area contributed by atoms with Crippen molar-refractivity contribution in [2.75, 3.05) is 0 Å². The van der Waals surface area contributed by atoms with Gasteiger partial charge in [0.05, 0.1) is 11.1 Å². The highest BCUT2D eigenvalue weighted by Crippen LogP contribution is 2.47.